The largest absolute Gasteiger partial charge is 2.00 e. The predicted octanol–water partition coefficient (Wildman–Crippen LogP) is 5.31. The molecule has 0 unspecified atom stereocenters. The Bertz CT molecular complexity index is 687. The van der Waals surface area contributed by atoms with Crippen molar-refractivity contribution in [1.29, 1.82) is 0 Å². The van der Waals surface area contributed by atoms with Crippen molar-refractivity contribution in [2.75, 3.05) is 0 Å². The van der Waals surface area contributed by atoms with Crippen LogP contribution in [0.15, 0.2) is 71.8 Å². The first-order valence-electron chi connectivity index (χ1n) is 7.27. The van der Waals surface area contributed by atoms with Crippen LogP contribution in [-0.2, 0) is 32.6 Å². The van der Waals surface area contributed by atoms with E-state index in [9.17, 15) is 0 Å². The Kier molecular flexibility index (Phi) is 5.92. The van der Waals surface area contributed by atoms with Crippen molar-refractivity contribution in [3.8, 4) is 11.1 Å². The summed E-state index contributed by atoms with van der Waals surface area (Å²) in [7, 11) is 0. The third kappa shape index (κ3) is 3.65. The summed E-state index contributed by atoms with van der Waals surface area (Å²) < 4.78 is 0. The van der Waals surface area contributed by atoms with Crippen LogP contribution in [0.5, 0.6) is 0 Å². The third-order valence-electron chi connectivity index (χ3n) is 3.75. The van der Waals surface area contributed by atoms with E-state index in [-0.39, 0.29) is 26.2 Å². The first kappa shape index (κ1) is 16.9. The number of hydrogen-bond acceptors (Lipinski definition) is 0. The van der Waals surface area contributed by atoms with Gasteiger partial charge in [-0.25, -0.2) is 0 Å². The van der Waals surface area contributed by atoms with Crippen LogP contribution < -0.4 is 0 Å². The SMILES string of the molecule is CC(C)=C1[C-]=CC=C1.[Zr+2].[c-]1cccc2c1Cc1ccccc1-2. The molecule has 2 aliphatic rings. The van der Waals surface area contributed by atoms with E-state index in [0.717, 1.165) is 6.42 Å². The summed E-state index contributed by atoms with van der Waals surface area (Å²) in [4.78, 5) is 0. The quantitative estimate of drug-likeness (QED) is 0.476. The van der Waals surface area contributed by atoms with Crippen molar-refractivity contribution in [3.63, 3.8) is 0 Å². The molecule has 0 bridgehead atoms. The Morgan fingerprint density at radius 2 is 1.77 bits per heavy atom. The number of rotatable bonds is 0. The normalized spacial score (nSPS) is 12.9. The van der Waals surface area contributed by atoms with Gasteiger partial charge >= 0.3 is 26.2 Å². The molecule has 2 aliphatic carbocycles. The van der Waals surface area contributed by atoms with Crippen LogP contribution in [0.2, 0.25) is 0 Å². The number of hydrogen-bond donors (Lipinski definition) is 0. The van der Waals surface area contributed by atoms with Crippen molar-refractivity contribution in [1.82, 2.24) is 0 Å². The Hall–Kier alpha value is -1.46. The maximum atomic E-state index is 3.30. The molecule has 0 aliphatic heterocycles. The van der Waals surface area contributed by atoms with Crippen LogP contribution in [0.3, 0.4) is 0 Å². The van der Waals surface area contributed by atoms with Crippen molar-refractivity contribution >= 4 is 0 Å². The van der Waals surface area contributed by atoms with E-state index in [1.54, 1.807) is 0 Å². The van der Waals surface area contributed by atoms with Crippen LogP contribution in [-0.4, -0.2) is 0 Å². The van der Waals surface area contributed by atoms with Gasteiger partial charge in [0.1, 0.15) is 0 Å². The molecule has 0 saturated carbocycles. The van der Waals surface area contributed by atoms with Gasteiger partial charge in [0.05, 0.1) is 0 Å². The molecular weight excluding hydrogens is 343 g/mol. The van der Waals surface area contributed by atoms with Crippen molar-refractivity contribution in [2.45, 2.75) is 20.3 Å². The van der Waals surface area contributed by atoms with E-state index >= 15 is 0 Å². The Labute approximate surface area is 152 Å². The van der Waals surface area contributed by atoms with E-state index in [1.807, 2.05) is 18.2 Å². The summed E-state index contributed by atoms with van der Waals surface area (Å²) in [5.41, 5.74) is 8.07. The monoisotopic (exact) mass is 360 g/mol. The van der Waals surface area contributed by atoms with E-state index in [2.05, 4.69) is 68.5 Å². The van der Waals surface area contributed by atoms with Crippen LogP contribution in [0.4, 0.5) is 0 Å². The minimum Gasteiger partial charge on any atom is -0.179 e. The van der Waals surface area contributed by atoms with Gasteiger partial charge < -0.3 is 0 Å². The molecule has 2 aromatic carbocycles. The molecule has 0 radical (unpaired) electrons. The van der Waals surface area contributed by atoms with Gasteiger partial charge in [-0.2, -0.15) is 53.6 Å². The van der Waals surface area contributed by atoms with Gasteiger partial charge in [-0.15, -0.1) is 17.2 Å². The summed E-state index contributed by atoms with van der Waals surface area (Å²) in [6.07, 6.45) is 10.1. The smallest absolute Gasteiger partial charge is 0.179 e. The van der Waals surface area contributed by atoms with Crippen LogP contribution in [0.1, 0.15) is 25.0 Å². The summed E-state index contributed by atoms with van der Waals surface area (Å²) in [5, 5.41) is 0. The molecule has 0 heterocycles. The van der Waals surface area contributed by atoms with Crippen LogP contribution in [0.25, 0.3) is 11.1 Å². The Balaban J connectivity index is 0.000000172. The predicted molar refractivity (Wildman–Crippen MR) is 88.8 cm³/mol. The number of allylic oxidation sites excluding steroid dienone is 6. The number of fused-ring (bicyclic) bond motifs is 3. The summed E-state index contributed by atoms with van der Waals surface area (Å²) in [6.45, 7) is 4.18. The zero-order valence-corrected chi connectivity index (χ0v) is 15.4. The fraction of sp³-hybridized carbons (Fsp3) is 0.143. The Morgan fingerprint density at radius 1 is 1.00 bits per heavy atom. The molecule has 0 fully saturated rings. The fourth-order valence-corrected chi connectivity index (χ4v) is 2.64. The van der Waals surface area contributed by atoms with Crippen molar-refractivity contribution < 1.29 is 26.2 Å². The average molecular weight is 362 g/mol. The second-order valence-corrected chi connectivity index (χ2v) is 5.48. The maximum Gasteiger partial charge on any atom is 2.00 e. The second kappa shape index (κ2) is 7.70. The molecule has 0 aromatic heterocycles. The summed E-state index contributed by atoms with van der Waals surface area (Å²) in [5.74, 6) is 0. The minimum absolute atomic E-state index is 0. The van der Waals surface area contributed by atoms with Crippen LogP contribution in [0, 0.1) is 12.1 Å². The molecule has 1 heteroatoms. The molecule has 22 heavy (non-hydrogen) atoms. The molecule has 4 rings (SSSR count). The standard InChI is InChI=1S/C13H9.C8H9.Zr/c1-3-7-12-10(5-1)9-11-6-2-4-8-13(11)12;1-7(2)8-5-3-4-6-8;/h1-5,7-8H,9H2;3-5H,1-2H3;/q2*-1;+2. The van der Waals surface area contributed by atoms with E-state index in [0.29, 0.717) is 0 Å². The maximum absolute atomic E-state index is 3.30. The summed E-state index contributed by atoms with van der Waals surface area (Å²) in [6, 6.07) is 18.1. The van der Waals surface area contributed by atoms with Crippen LogP contribution >= 0.6 is 0 Å². The zero-order valence-electron chi connectivity index (χ0n) is 13.0. The molecule has 0 N–H and O–H groups in total. The first-order chi connectivity index (χ1) is 10.3. The molecule has 0 atom stereocenters. The van der Waals surface area contributed by atoms with Crippen molar-refractivity contribution in [3.05, 3.63) is 95.1 Å². The topological polar surface area (TPSA) is 0 Å². The number of benzene rings is 2. The molecule has 0 saturated heterocycles. The zero-order chi connectivity index (χ0) is 14.7. The fourth-order valence-electron chi connectivity index (χ4n) is 2.64. The average Bonchev–Trinajstić information content (AvgIpc) is 3.15. The second-order valence-electron chi connectivity index (χ2n) is 5.48. The molecule has 0 nitrogen and oxygen atoms in total. The first-order valence-corrected chi connectivity index (χ1v) is 7.27. The van der Waals surface area contributed by atoms with E-state index < -0.39 is 0 Å². The van der Waals surface area contributed by atoms with Gasteiger partial charge in [0.15, 0.2) is 0 Å². The minimum atomic E-state index is 0. The molecule has 0 amide bonds. The Morgan fingerprint density at radius 3 is 2.45 bits per heavy atom. The van der Waals surface area contributed by atoms with Gasteiger partial charge in [-0.3, -0.25) is 0 Å². The molecular formula is C21H18Zr. The van der Waals surface area contributed by atoms with Crippen molar-refractivity contribution in [2.24, 2.45) is 0 Å². The van der Waals surface area contributed by atoms with Gasteiger partial charge in [0.2, 0.25) is 0 Å². The van der Waals surface area contributed by atoms with Gasteiger partial charge in [0, 0.05) is 0 Å². The summed E-state index contributed by atoms with van der Waals surface area (Å²) >= 11 is 0. The van der Waals surface area contributed by atoms with Gasteiger partial charge in [0.25, 0.3) is 0 Å². The molecule has 2 aromatic rings. The third-order valence-corrected chi connectivity index (χ3v) is 3.75. The van der Waals surface area contributed by atoms with Gasteiger partial charge in [-0.05, 0) is 6.42 Å². The molecule has 0 spiro atoms. The van der Waals surface area contributed by atoms with E-state index in [4.69, 9.17) is 0 Å². The van der Waals surface area contributed by atoms with E-state index in [1.165, 1.54) is 33.4 Å². The molecule has 106 valence electrons. The van der Waals surface area contributed by atoms with Gasteiger partial charge in [-0.1, -0.05) is 49.2 Å².